The van der Waals surface area contributed by atoms with Crippen LogP contribution in [0.4, 0.5) is 0 Å². The third-order valence-corrected chi connectivity index (χ3v) is 2.30. The van der Waals surface area contributed by atoms with E-state index in [1.165, 1.54) is 0 Å². The van der Waals surface area contributed by atoms with Gasteiger partial charge in [-0.2, -0.15) is 0 Å². The highest BCUT2D eigenvalue weighted by atomic mass is 35.5. The van der Waals surface area contributed by atoms with Crippen LogP contribution in [0.1, 0.15) is 12.1 Å². The molecule has 0 saturated carbocycles. The first-order valence-electron chi connectivity index (χ1n) is 4.53. The fraction of sp³-hybridized carbons (Fsp3) is 0.300. The van der Waals surface area contributed by atoms with Gasteiger partial charge >= 0.3 is 0 Å². The van der Waals surface area contributed by atoms with Crippen LogP contribution in [-0.4, -0.2) is 21.1 Å². The Labute approximate surface area is 87.0 Å². The summed E-state index contributed by atoms with van der Waals surface area (Å²) in [6.45, 7) is 0.203. The average Bonchev–Trinajstić information content (AvgIpc) is 2.56. The van der Waals surface area contributed by atoms with E-state index in [9.17, 15) is 0 Å². The lowest BCUT2D eigenvalue weighted by atomic mass is 10.3. The van der Waals surface area contributed by atoms with Crippen LogP contribution in [0.2, 0.25) is 5.02 Å². The Morgan fingerprint density at radius 2 is 2.36 bits per heavy atom. The highest BCUT2D eigenvalue weighted by Gasteiger charge is 2.01. The van der Waals surface area contributed by atoms with Gasteiger partial charge in [0.05, 0.1) is 5.69 Å². The summed E-state index contributed by atoms with van der Waals surface area (Å²) in [5.41, 5.74) is 1.84. The Hall–Kier alpha value is -1.06. The molecule has 3 nitrogen and oxygen atoms in total. The van der Waals surface area contributed by atoms with E-state index in [1.807, 2.05) is 28.9 Å². The molecule has 0 saturated heterocycles. The number of nitrogens with zero attached hydrogens (tertiary/aromatic N) is 2. The fourth-order valence-electron chi connectivity index (χ4n) is 1.39. The molecule has 0 aliphatic rings. The molecule has 0 radical (unpaired) electrons. The quantitative estimate of drug-likeness (QED) is 0.841. The molecule has 2 aromatic heterocycles. The Morgan fingerprint density at radius 1 is 1.50 bits per heavy atom. The number of rotatable bonds is 3. The van der Waals surface area contributed by atoms with Gasteiger partial charge in [0.2, 0.25) is 0 Å². The molecule has 0 aliphatic carbocycles. The second-order valence-electron chi connectivity index (χ2n) is 3.17. The number of pyridine rings is 1. The van der Waals surface area contributed by atoms with Gasteiger partial charge in [-0.15, -0.1) is 0 Å². The van der Waals surface area contributed by atoms with Crippen molar-refractivity contribution in [3.05, 3.63) is 35.2 Å². The van der Waals surface area contributed by atoms with E-state index >= 15 is 0 Å². The van der Waals surface area contributed by atoms with Crippen molar-refractivity contribution < 1.29 is 5.11 Å². The van der Waals surface area contributed by atoms with E-state index in [1.54, 1.807) is 0 Å². The second kappa shape index (κ2) is 3.98. The summed E-state index contributed by atoms with van der Waals surface area (Å²) >= 11 is 5.84. The summed E-state index contributed by atoms with van der Waals surface area (Å²) in [5, 5.41) is 9.38. The van der Waals surface area contributed by atoms with E-state index in [-0.39, 0.29) is 6.61 Å². The van der Waals surface area contributed by atoms with Crippen LogP contribution in [0.15, 0.2) is 24.5 Å². The Balaban J connectivity index is 2.32. The van der Waals surface area contributed by atoms with Crippen LogP contribution in [0.5, 0.6) is 0 Å². The van der Waals surface area contributed by atoms with Crippen LogP contribution in [0.25, 0.3) is 5.65 Å². The minimum absolute atomic E-state index is 0.203. The predicted molar refractivity (Wildman–Crippen MR) is 55.6 cm³/mol. The number of aliphatic hydroxyl groups is 1. The minimum Gasteiger partial charge on any atom is -0.396 e. The molecule has 2 rings (SSSR count). The zero-order valence-electron chi connectivity index (χ0n) is 7.65. The lowest BCUT2D eigenvalue weighted by molar-refractivity contribution is 0.288. The molecular weight excluding hydrogens is 200 g/mol. The first-order valence-corrected chi connectivity index (χ1v) is 4.91. The number of aryl methyl sites for hydroxylation is 1. The molecule has 0 aliphatic heterocycles. The molecule has 1 N–H and O–H groups in total. The van der Waals surface area contributed by atoms with Crippen molar-refractivity contribution in [2.24, 2.45) is 0 Å². The number of hydrogen-bond donors (Lipinski definition) is 1. The van der Waals surface area contributed by atoms with Crippen LogP contribution in [0, 0.1) is 0 Å². The maximum atomic E-state index is 8.69. The van der Waals surface area contributed by atoms with E-state index in [4.69, 9.17) is 16.7 Å². The molecular formula is C10H11ClN2O. The number of fused-ring (bicyclic) bond motifs is 1. The Kier molecular flexibility index (Phi) is 2.70. The van der Waals surface area contributed by atoms with Crippen molar-refractivity contribution in [1.29, 1.82) is 0 Å². The number of imidazole rings is 1. The first-order chi connectivity index (χ1) is 6.79. The summed E-state index contributed by atoms with van der Waals surface area (Å²) in [6.07, 6.45) is 5.39. The number of aliphatic hydroxyl groups excluding tert-OH is 1. The zero-order valence-corrected chi connectivity index (χ0v) is 8.41. The predicted octanol–water partition coefficient (Wildman–Crippen LogP) is 1.91. The zero-order chi connectivity index (χ0) is 9.97. The molecule has 0 aromatic carbocycles. The van der Waals surface area contributed by atoms with Crippen molar-refractivity contribution in [2.45, 2.75) is 12.8 Å². The molecule has 0 atom stereocenters. The molecule has 0 bridgehead atoms. The molecule has 4 heteroatoms. The van der Waals surface area contributed by atoms with E-state index in [0.29, 0.717) is 5.02 Å². The van der Waals surface area contributed by atoms with Crippen LogP contribution >= 0.6 is 11.6 Å². The smallest absolute Gasteiger partial charge is 0.138 e. The summed E-state index contributed by atoms with van der Waals surface area (Å²) in [7, 11) is 0. The molecule has 0 spiro atoms. The van der Waals surface area contributed by atoms with Crippen LogP contribution < -0.4 is 0 Å². The lowest BCUT2D eigenvalue weighted by Gasteiger charge is -1.91. The largest absolute Gasteiger partial charge is 0.396 e. The van der Waals surface area contributed by atoms with Gasteiger partial charge in [-0.25, -0.2) is 4.98 Å². The number of halogens is 1. The third-order valence-electron chi connectivity index (χ3n) is 2.06. The summed E-state index contributed by atoms with van der Waals surface area (Å²) < 4.78 is 1.93. The highest BCUT2D eigenvalue weighted by molar-refractivity contribution is 6.30. The average molecular weight is 211 g/mol. The van der Waals surface area contributed by atoms with E-state index in [0.717, 1.165) is 24.2 Å². The van der Waals surface area contributed by atoms with Gasteiger partial charge in [0.15, 0.2) is 0 Å². The van der Waals surface area contributed by atoms with Gasteiger partial charge < -0.3 is 9.51 Å². The maximum Gasteiger partial charge on any atom is 0.138 e. The van der Waals surface area contributed by atoms with Crippen molar-refractivity contribution in [3.63, 3.8) is 0 Å². The van der Waals surface area contributed by atoms with Crippen molar-refractivity contribution >= 4 is 17.2 Å². The van der Waals surface area contributed by atoms with E-state index in [2.05, 4.69) is 4.98 Å². The first kappa shape index (κ1) is 9.49. The molecule has 14 heavy (non-hydrogen) atoms. The van der Waals surface area contributed by atoms with Gasteiger partial charge in [-0.3, -0.25) is 0 Å². The Bertz CT molecular complexity index is 439. The number of hydrogen-bond acceptors (Lipinski definition) is 2. The van der Waals surface area contributed by atoms with Crippen LogP contribution in [-0.2, 0) is 6.42 Å². The van der Waals surface area contributed by atoms with Crippen molar-refractivity contribution in [2.75, 3.05) is 6.61 Å². The summed E-state index contributed by atoms with van der Waals surface area (Å²) in [6, 6.07) is 3.65. The van der Waals surface area contributed by atoms with Crippen molar-refractivity contribution in [1.82, 2.24) is 9.38 Å². The van der Waals surface area contributed by atoms with Gasteiger partial charge in [0.25, 0.3) is 0 Å². The molecule has 0 fully saturated rings. The highest BCUT2D eigenvalue weighted by Crippen LogP contribution is 2.12. The van der Waals surface area contributed by atoms with Crippen molar-refractivity contribution in [3.8, 4) is 0 Å². The topological polar surface area (TPSA) is 37.5 Å². The molecule has 0 amide bonds. The standard InChI is InChI=1S/C10H11ClN2O/c11-8-3-4-13-7-9(2-1-5-14)12-10(13)6-8/h3-4,6-7,14H,1-2,5H2. The second-order valence-corrected chi connectivity index (χ2v) is 3.61. The summed E-state index contributed by atoms with van der Waals surface area (Å²) in [4.78, 5) is 4.38. The molecule has 0 unspecified atom stereocenters. The van der Waals surface area contributed by atoms with Gasteiger partial charge in [-0.1, -0.05) is 11.6 Å². The molecule has 74 valence electrons. The maximum absolute atomic E-state index is 8.69. The monoisotopic (exact) mass is 210 g/mol. The van der Waals surface area contributed by atoms with Gasteiger partial charge in [0, 0.05) is 24.0 Å². The fourth-order valence-corrected chi connectivity index (χ4v) is 1.54. The SMILES string of the molecule is OCCCc1cn2ccc(Cl)cc2n1. The minimum atomic E-state index is 0.203. The van der Waals surface area contributed by atoms with E-state index < -0.39 is 0 Å². The number of aromatic nitrogens is 2. The summed E-state index contributed by atoms with van der Waals surface area (Å²) in [5.74, 6) is 0. The lowest BCUT2D eigenvalue weighted by Crippen LogP contribution is -1.88. The Morgan fingerprint density at radius 3 is 3.14 bits per heavy atom. The molecule has 2 heterocycles. The molecule has 2 aromatic rings. The van der Waals surface area contributed by atoms with Gasteiger partial charge in [0.1, 0.15) is 5.65 Å². The third kappa shape index (κ3) is 1.89. The van der Waals surface area contributed by atoms with Crippen LogP contribution in [0.3, 0.4) is 0 Å². The normalized spacial score (nSPS) is 11.0. The van der Waals surface area contributed by atoms with Gasteiger partial charge in [-0.05, 0) is 25.0 Å².